The normalized spacial score (nSPS) is 10.4. The molecular weight excluding hydrogens is 310 g/mol. The summed E-state index contributed by atoms with van der Waals surface area (Å²) in [6.45, 7) is 2.77. The zero-order valence-electron chi connectivity index (χ0n) is 10.4. The van der Waals surface area contributed by atoms with Crippen molar-refractivity contribution in [2.75, 3.05) is 11.9 Å². The lowest BCUT2D eigenvalue weighted by Crippen LogP contribution is -2.32. The van der Waals surface area contributed by atoms with Gasteiger partial charge in [0.15, 0.2) is 0 Å². The summed E-state index contributed by atoms with van der Waals surface area (Å²) in [5.41, 5.74) is 0.790. The maximum atomic E-state index is 11.6. The van der Waals surface area contributed by atoms with Gasteiger partial charge in [0.05, 0.1) is 0 Å². The summed E-state index contributed by atoms with van der Waals surface area (Å²) in [6.07, 6.45) is 1.57. The van der Waals surface area contributed by atoms with Crippen molar-refractivity contribution in [3.63, 3.8) is 0 Å². The quantitative estimate of drug-likeness (QED) is 0.900. The molecule has 0 saturated carbocycles. The van der Waals surface area contributed by atoms with Gasteiger partial charge in [0, 0.05) is 35.0 Å². The minimum atomic E-state index is -0.383. The number of benzene rings is 1. The van der Waals surface area contributed by atoms with Crippen LogP contribution in [-0.2, 0) is 6.54 Å². The van der Waals surface area contributed by atoms with Gasteiger partial charge in [0.2, 0.25) is 0 Å². The van der Waals surface area contributed by atoms with Gasteiger partial charge in [-0.25, -0.2) is 4.79 Å². The summed E-state index contributed by atoms with van der Waals surface area (Å²) in [5.74, 6) is 0. The highest BCUT2D eigenvalue weighted by molar-refractivity contribution is 9.10. The van der Waals surface area contributed by atoms with Gasteiger partial charge < -0.3 is 5.32 Å². The Morgan fingerprint density at radius 2 is 2.16 bits per heavy atom. The molecule has 0 aliphatic heterocycles. The van der Waals surface area contributed by atoms with Crippen LogP contribution in [0.1, 0.15) is 5.56 Å². The van der Waals surface area contributed by atoms with Crippen LogP contribution in [0.2, 0.25) is 0 Å². The lowest BCUT2D eigenvalue weighted by Gasteiger charge is -2.09. The van der Waals surface area contributed by atoms with Gasteiger partial charge in [0.25, 0.3) is 5.56 Å². The van der Waals surface area contributed by atoms with Crippen molar-refractivity contribution in [2.24, 2.45) is 0 Å². The van der Waals surface area contributed by atoms with E-state index in [4.69, 9.17) is 0 Å². The zero-order valence-corrected chi connectivity index (χ0v) is 12.0. The van der Waals surface area contributed by atoms with Crippen LogP contribution in [0.25, 0.3) is 0 Å². The average Bonchev–Trinajstić information content (AvgIpc) is 2.35. The molecule has 1 aromatic heterocycles. The number of nitrogens with one attached hydrogen (secondary N) is 2. The van der Waals surface area contributed by atoms with Crippen LogP contribution < -0.4 is 16.6 Å². The lowest BCUT2D eigenvalue weighted by atomic mass is 10.3. The Bertz CT molecular complexity index is 691. The molecule has 2 N–H and O–H groups in total. The van der Waals surface area contributed by atoms with Crippen molar-refractivity contribution in [1.29, 1.82) is 0 Å². The number of anilines is 1. The third-order valence-corrected chi connectivity index (χ3v) is 3.19. The lowest BCUT2D eigenvalue weighted by molar-refractivity contribution is 0.664. The highest BCUT2D eigenvalue weighted by Gasteiger charge is 2.00. The molecule has 0 amide bonds. The number of rotatable bonds is 4. The zero-order chi connectivity index (χ0) is 13.8. The predicted molar refractivity (Wildman–Crippen MR) is 78.7 cm³/mol. The molecule has 100 valence electrons. The molecule has 19 heavy (non-hydrogen) atoms. The van der Waals surface area contributed by atoms with Gasteiger partial charge in [-0.15, -0.1) is 0 Å². The maximum absolute atomic E-state index is 11.6. The summed E-state index contributed by atoms with van der Waals surface area (Å²) in [7, 11) is 0. The minimum absolute atomic E-state index is 0.332. The standard InChI is InChI=1S/C13H14BrN3O2/c1-9-8-17(13(19)16-12(9)18)6-5-15-11-4-2-3-10(14)7-11/h2-4,7-8,15H,5-6H2,1H3,(H,16,18,19). The van der Waals surface area contributed by atoms with Crippen molar-refractivity contribution >= 4 is 21.6 Å². The molecule has 2 aromatic rings. The smallest absolute Gasteiger partial charge is 0.328 e. The van der Waals surface area contributed by atoms with Crippen LogP contribution in [-0.4, -0.2) is 16.1 Å². The molecule has 0 unspecified atom stereocenters. The maximum Gasteiger partial charge on any atom is 0.328 e. The Labute approximate surface area is 118 Å². The number of aromatic nitrogens is 2. The second-order valence-electron chi connectivity index (χ2n) is 4.20. The molecule has 0 atom stereocenters. The molecule has 0 bridgehead atoms. The molecule has 2 rings (SSSR count). The third kappa shape index (κ3) is 3.57. The van der Waals surface area contributed by atoms with Crippen molar-refractivity contribution in [3.8, 4) is 0 Å². The van der Waals surface area contributed by atoms with E-state index in [1.54, 1.807) is 13.1 Å². The van der Waals surface area contributed by atoms with Crippen LogP contribution in [0.15, 0.2) is 44.5 Å². The Hall–Kier alpha value is -1.82. The Morgan fingerprint density at radius 3 is 2.89 bits per heavy atom. The van der Waals surface area contributed by atoms with Crippen molar-refractivity contribution in [2.45, 2.75) is 13.5 Å². The number of aryl methyl sites for hydroxylation is 1. The number of nitrogens with zero attached hydrogens (tertiary/aromatic N) is 1. The molecule has 0 fully saturated rings. The monoisotopic (exact) mass is 323 g/mol. The van der Waals surface area contributed by atoms with E-state index < -0.39 is 0 Å². The summed E-state index contributed by atoms with van der Waals surface area (Å²) in [4.78, 5) is 25.1. The van der Waals surface area contributed by atoms with E-state index in [-0.39, 0.29) is 11.2 Å². The van der Waals surface area contributed by atoms with Crippen molar-refractivity contribution in [1.82, 2.24) is 9.55 Å². The van der Waals surface area contributed by atoms with Gasteiger partial charge in [-0.3, -0.25) is 14.3 Å². The van der Waals surface area contributed by atoms with Crippen LogP contribution in [0.5, 0.6) is 0 Å². The van der Waals surface area contributed by atoms with Crippen LogP contribution in [0.4, 0.5) is 5.69 Å². The van der Waals surface area contributed by atoms with E-state index in [0.717, 1.165) is 10.2 Å². The number of H-pyrrole nitrogens is 1. The molecule has 0 spiro atoms. The molecule has 5 nitrogen and oxygen atoms in total. The minimum Gasteiger partial charge on any atom is -0.383 e. The number of hydrogen-bond donors (Lipinski definition) is 2. The van der Waals surface area contributed by atoms with Gasteiger partial charge in [-0.1, -0.05) is 22.0 Å². The number of halogens is 1. The van der Waals surface area contributed by atoms with E-state index in [2.05, 4.69) is 26.2 Å². The van der Waals surface area contributed by atoms with E-state index in [9.17, 15) is 9.59 Å². The Morgan fingerprint density at radius 1 is 1.37 bits per heavy atom. The van der Waals surface area contributed by atoms with Gasteiger partial charge in [-0.05, 0) is 25.1 Å². The predicted octanol–water partition coefficient (Wildman–Crippen LogP) is 1.72. The Kier molecular flexibility index (Phi) is 4.21. The van der Waals surface area contributed by atoms with E-state index in [1.165, 1.54) is 4.57 Å². The molecule has 0 saturated heterocycles. The van der Waals surface area contributed by atoms with Crippen LogP contribution in [0.3, 0.4) is 0 Å². The van der Waals surface area contributed by atoms with Crippen LogP contribution >= 0.6 is 15.9 Å². The second-order valence-corrected chi connectivity index (χ2v) is 5.12. The molecular formula is C13H14BrN3O2. The van der Waals surface area contributed by atoms with Gasteiger partial charge in [-0.2, -0.15) is 0 Å². The molecule has 0 aliphatic rings. The SMILES string of the molecule is Cc1cn(CCNc2cccc(Br)c2)c(=O)[nH]c1=O. The summed E-state index contributed by atoms with van der Waals surface area (Å²) < 4.78 is 2.48. The molecule has 1 aromatic carbocycles. The molecule has 0 radical (unpaired) electrons. The van der Waals surface area contributed by atoms with E-state index in [1.807, 2.05) is 24.3 Å². The van der Waals surface area contributed by atoms with Crippen molar-refractivity contribution in [3.05, 3.63) is 61.3 Å². The molecule has 0 aliphatic carbocycles. The second kappa shape index (κ2) is 5.88. The van der Waals surface area contributed by atoms with Gasteiger partial charge >= 0.3 is 5.69 Å². The Balaban J connectivity index is 2.02. The topological polar surface area (TPSA) is 66.9 Å². The first-order valence-corrected chi connectivity index (χ1v) is 6.65. The average molecular weight is 324 g/mol. The largest absolute Gasteiger partial charge is 0.383 e. The summed E-state index contributed by atoms with van der Waals surface area (Å²) in [6, 6.07) is 7.79. The van der Waals surface area contributed by atoms with Gasteiger partial charge in [0.1, 0.15) is 0 Å². The first-order valence-electron chi connectivity index (χ1n) is 5.86. The van der Waals surface area contributed by atoms with E-state index >= 15 is 0 Å². The first-order chi connectivity index (χ1) is 9.06. The molecule has 1 heterocycles. The molecule has 6 heteroatoms. The summed E-state index contributed by atoms with van der Waals surface area (Å²) in [5, 5.41) is 3.21. The number of hydrogen-bond acceptors (Lipinski definition) is 3. The first kappa shape index (κ1) is 13.6. The van der Waals surface area contributed by atoms with E-state index in [0.29, 0.717) is 18.7 Å². The van der Waals surface area contributed by atoms with Crippen LogP contribution in [0, 0.1) is 6.92 Å². The highest BCUT2D eigenvalue weighted by Crippen LogP contribution is 2.15. The fraction of sp³-hybridized carbons (Fsp3) is 0.231. The third-order valence-electron chi connectivity index (χ3n) is 2.70. The fourth-order valence-electron chi connectivity index (χ4n) is 1.70. The summed E-state index contributed by atoms with van der Waals surface area (Å²) >= 11 is 3.39. The fourth-order valence-corrected chi connectivity index (χ4v) is 2.10. The van der Waals surface area contributed by atoms with Crippen molar-refractivity contribution < 1.29 is 0 Å². The highest BCUT2D eigenvalue weighted by atomic mass is 79.9. The number of aromatic amines is 1.